The molecule has 5 nitrogen and oxygen atoms in total. The van der Waals surface area contributed by atoms with Crippen molar-refractivity contribution in [3.8, 4) is 0 Å². The van der Waals surface area contributed by atoms with Crippen LogP contribution in [-0.4, -0.2) is 23.2 Å². The van der Waals surface area contributed by atoms with E-state index in [2.05, 4.69) is 27.0 Å². The third-order valence-electron chi connectivity index (χ3n) is 1.35. The smallest absolute Gasteiger partial charge is 0.157 e. The Bertz CT molecular complexity index is 283. The summed E-state index contributed by atoms with van der Waals surface area (Å²) >= 11 is 0. The zero-order valence-corrected chi connectivity index (χ0v) is 6.91. The van der Waals surface area contributed by atoms with Gasteiger partial charge in [0.2, 0.25) is 0 Å². The number of nitrogens with one attached hydrogen (secondary N) is 1. The highest BCUT2D eigenvalue weighted by molar-refractivity contribution is 5.73. The van der Waals surface area contributed by atoms with Crippen LogP contribution in [0.5, 0.6) is 0 Å². The van der Waals surface area contributed by atoms with Crippen molar-refractivity contribution in [1.29, 1.82) is 0 Å². The number of aromatic nitrogens is 2. The molecule has 0 aliphatic carbocycles. The predicted molar refractivity (Wildman–Crippen MR) is 49.8 cm³/mol. The molecule has 0 radical (unpaired) electrons. The second-order valence-corrected chi connectivity index (χ2v) is 2.14. The summed E-state index contributed by atoms with van der Waals surface area (Å²) < 4.78 is 0. The van der Waals surface area contributed by atoms with Crippen LogP contribution in [0, 0.1) is 0 Å². The van der Waals surface area contributed by atoms with Crippen molar-refractivity contribution >= 4 is 24.0 Å². The quantitative estimate of drug-likeness (QED) is 0.650. The van der Waals surface area contributed by atoms with Crippen LogP contribution in [-0.2, 0) is 0 Å². The van der Waals surface area contributed by atoms with Gasteiger partial charge >= 0.3 is 0 Å². The third-order valence-corrected chi connectivity index (χ3v) is 1.35. The molecule has 1 heterocycles. The zero-order chi connectivity index (χ0) is 8.97. The summed E-state index contributed by atoms with van der Waals surface area (Å²) in [5.41, 5.74) is 6.05. The Balaban J connectivity index is 3.09. The first-order chi connectivity index (χ1) is 5.79. The molecule has 12 heavy (non-hydrogen) atoms. The molecule has 0 aliphatic rings. The standard InChI is InChI=1S/C7H11N5/c1-3-10-7-5(9-2)6(8)11-4-12-7/h4H,2-3H2,1H3,(H3,8,10,11,12). The van der Waals surface area contributed by atoms with Crippen molar-refractivity contribution in [1.82, 2.24) is 9.97 Å². The maximum absolute atomic E-state index is 5.54. The molecular weight excluding hydrogens is 154 g/mol. The summed E-state index contributed by atoms with van der Waals surface area (Å²) in [6.07, 6.45) is 1.39. The van der Waals surface area contributed by atoms with Gasteiger partial charge in [0.1, 0.15) is 12.0 Å². The molecule has 5 heteroatoms. The summed E-state index contributed by atoms with van der Waals surface area (Å²) in [6.45, 7) is 6.11. The van der Waals surface area contributed by atoms with Crippen molar-refractivity contribution < 1.29 is 0 Å². The van der Waals surface area contributed by atoms with E-state index in [9.17, 15) is 0 Å². The van der Waals surface area contributed by atoms with Crippen LogP contribution in [0.3, 0.4) is 0 Å². The lowest BCUT2D eigenvalue weighted by atomic mass is 10.4. The van der Waals surface area contributed by atoms with E-state index in [0.29, 0.717) is 17.3 Å². The van der Waals surface area contributed by atoms with Gasteiger partial charge in [-0.15, -0.1) is 0 Å². The topological polar surface area (TPSA) is 76.2 Å². The van der Waals surface area contributed by atoms with Gasteiger partial charge in [0, 0.05) is 6.54 Å². The highest BCUT2D eigenvalue weighted by Crippen LogP contribution is 2.25. The Kier molecular flexibility index (Phi) is 2.57. The van der Waals surface area contributed by atoms with Crippen LogP contribution in [0.4, 0.5) is 17.3 Å². The molecule has 64 valence electrons. The fraction of sp³-hybridized carbons (Fsp3) is 0.286. The van der Waals surface area contributed by atoms with E-state index in [0.717, 1.165) is 6.54 Å². The Morgan fingerprint density at radius 3 is 3.00 bits per heavy atom. The average Bonchev–Trinajstić information content (AvgIpc) is 2.05. The summed E-state index contributed by atoms with van der Waals surface area (Å²) in [5, 5.41) is 3.00. The normalized spacial score (nSPS) is 9.42. The molecule has 0 atom stereocenters. The number of anilines is 2. The highest BCUT2D eigenvalue weighted by atomic mass is 15.1. The molecule has 0 unspecified atom stereocenters. The van der Waals surface area contributed by atoms with E-state index in [1.54, 1.807) is 0 Å². The lowest BCUT2D eigenvalue weighted by molar-refractivity contribution is 1.11. The van der Waals surface area contributed by atoms with Crippen molar-refractivity contribution in [3.63, 3.8) is 0 Å². The van der Waals surface area contributed by atoms with Crippen LogP contribution in [0.1, 0.15) is 6.92 Å². The Morgan fingerprint density at radius 2 is 2.42 bits per heavy atom. The molecule has 0 aromatic carbocycles. The largest absolute Gasteiger partial charge is 0.382 e. The van der Waals surface area contributed by atoms with Crippen molar-refractivity contribution in [2.24, 2.45) is 4.99 Å². The minimum atomic E-state index is 0.343. The Morgan fingerprint density at radius 1 is 1.67 bits per heavy atom. The second kappa shape index (κ2) is 3.66. The lowest BCUT2D eigenvalue weighted by Crippen LogP contribution is -2.02. The van der Waals surface area contributed by atoms with Gasteiger partial charge < -0.3 is 11.1 Å². The predicted octanol–water partition coefficient (Wildman–Crippen LogP) is 0.823. The minimum absolute atomic E-state index is 0.343. The summed E-state index contributed by atoms with van der Waals surface area (Å²) in [5.74, 6) is 0.968. The summed E-state index contributed by atoms with van der Waals surface area (Å²) in [6, 6.07) is 0. The Labute approximate surface area is 70.8 Å². The van der Waals surface area contributed by atoms with Crippen LogP contribution in [0.15, 0.2) is 11.3 Å². The molecular formula is C7H11N5. The van der Waals surface area contributed by atoms with Crippen LogP contribution in [0.2, 0.25) is 0 Å². The number of aliphatic imine (C=N–C) groups is 1. The van der Waals surface area contributed by atoms with Crippen LogP contribution < -0.4 is 11.1 Å². The molecule has 0 amide bonds. The highest BCUT2D eigenvalue weighted by Gasteiger charge is 2.04. The molecule has 0 bridgehead atoms. The van der Waals surface area contributed by atoms with Gasteiger partial charge in [0.25, 0.3) is 0 Å². The van der Waals surface area contributed by atoms with Gasteiger partial charge in [0.15, 0.2) is 11.6 Å². The maximum Gasteiger partial charge on any atom is 0.157 e. The molecule has 0 fully saturated rings. The first-order valence-electron chi connectivity index (χ1n) is 3.60. The van der Waals surface area contributed by atoms with Gasteiger partial charge in [-0.05, 0) is 13.6 Å². The average molecular weight is 165 g/mol. The summed E-state index contributed by atoms with van der Waals surface area (Å²) in [7, 11) is 0. The van der Waals surface area contributed by atoms with Crippen LogP contribution in [0.25, 0.3) is 0 Å². The summed E-state index contributed by atoms with van der Waals surface area (Å²) in [4.78, 5) is 11.5. The number of nitrogens with two attached hydrogens (primary N) is 1. The number of hydrogen-bond donors (Lipinski definition) is 2. The van der Waals surface area contributed by atoms with Gasteiger partial charge in [-0.3, -0.25) is 4.99 Å². The number of nitrogen functional groups attached to an aromatic ring is 1. The minimum Gasteiger partial charge on any atom is -0.382 e. The van der Waals surface area contributed by atoms with Gasteiger partial charge in [-0.2, -0.15) is 0 Å². The fourth-order valence-corrected chi connectivity index (χ4v) is 0.845. The third kappa shape index (κ3) is 1.50. The van der Waals surface area contributed by atoms with Crippen LogP contribution >= 0.6 is 0 Å². The van der Waals surface area contributed by atoms with E-state index < -0.39 is 0 Å². The SMILES string of the molecule is C=Nc1c(N)ncnc1NCC. The van der Waals surface area contributed by atoms with E-state index in [-0.39, 0.29) is 0 Å². The maximum atomic E-state index is 5.54. The van der Waals surface area contributed by atoms with E-state index in [1.807, 2.05) is 6.92 Å². The molecule has 0 saturated carbocycles. The van der Waals surface area contributed by atoms with Crippen molar-refractivity contribution in [2.45, 2.75) is 6.92 Å². The molecule has 1 aromatic rings. The molecule has 0 aliphatic heterocycles. The second-order valence-electron chi connectivity index (χ2n) is 2.14. The lowest BCUT2D eigenvalue weighted by Gasteiger charge is -2.05. The van der Waals surface area contributed by atoms with E-state index >= 15 is 0 Å². The number of nitrogens with zero attached hydrogens (tertiary/aromatic N) is 3. The van der Waals surface area contributed by atoms with Crippen molar-refractivity contribution in [2.75, 3.05) is 17.6 Å². The molecule has 3 N–H and O–H groups in total. The fourth-order valence-electron chi connectivity index (χ4n) is 0.845. The monoisotopic (exact) mass is 165 g/mol. The van der Waals surface area contributed by atoms with Crippen molar-refractivity contribution in [3.05, 3.63) is 6.33 Å². The van der Waals surface area contributed by atoms with E-state index in [4.69, 9.17) is 5.73 Å². The first-order valence-corrected chi connectivity index (χ1v) is 3.60. The van der Waals surface area contributed by atoms with Gasteiger partial charge in [0.05, 0.1) is 0 Å². The molecule has 0 spiro atoms. The Hall–Kier alpha value is -1.65. The van der Waals surface area contributed by atoms with Gasteiger partial charge in [-0.25, -0.2) is 9.97 Å². The van der Waals surface area contributed by atoms with Gasteiger partial charge in [-0.1, -0.05) is 0 Å². The molecule has 0 saturated heterocycles. The zero-order valence-electron chi connectivity index (χ0n) is 6.91. The number of rotatable bonds is 3. The molecule has 1 aromatic heterocycles. The van der Waals surface area contributed by atoms with E-state index in [1.165, 1.54) is 6.33 Å². The first kappa shape index (κ1) is 8.45. The molecule has 1 rings (SSSR count). The number of hydrogen-bond acceptors (Lipinski definition) is 5.